The van der Waals surface area contributed by atoms with Crippen molar-refractivity contribution in [2.45, 2.75) is 0 Å². The SMILES string of the molecule is C=CCNC(=S)Nc1cc(Cl)ccc1Cl. The lowest BCUT2D eigenvalue weighted by Gasteiger charge is -2.10. The lowest BCUT2D eigenvalue weighted by Crippen LogP contribution is -2.28. The Bertz CT molecular complexity index is 380. The summed E-state index contributed by atoms with van der Waals surface area (Å²) in [5, 5.41) is 7.53. The largest absolute Gasteiger partial charge is 0.359 e. The first kappa shape index (κ1) is 12.3. The van der Waals surface area contributed by atoms with Gasteiger partial charge in [0, 0.05) is 11.6 Å². The minimum atomic E-state index is 0.485. The Labute approximate surface area is 104 Å². The van der Waals surface area contributed by atoms with Gasteiger partial charge in [0.05, 0.1) is 10.7 Å². The highest BCUT2D eigenvalue weighted by Crippen LogP contribution is 2.25. The summed E-state index contributed by atoms with van der Waals surface area (Å²) >= 11 is 16.8. The smallest absolute Gasteiger partial charge is 0.171 e. The third-order valence-corrected chi connectivity index (χ3v) is 2.39. The minimum absolute atomic E-state index is 0.485. The molecule has 2 nitrogen and oxygen atoms in total. The van der Waals surface area contributed by atoms with E-state index < -0.39 is 0 Å². The Morgan fingerprint density at radius 1 is 1.47 bits per heavy atom. The highest BCUT2D eigenvalue weighted by molar-refractivity contribution is 7.80. The van der Waals surface area contributed by atoms with Gasteiger partial charge in [0.2, 0.25) is 0 Å². The van der Waals surface area contributed by atoms with Crippen molar-refractivity contribution in [1.29, 1.82) is 0 Å². The van der Waals surface area contributed by atoms with Crippen LogP contribution in [0.1, 0.15) is 0 Å². The Morgan fingerprint density at radius 2 is 2.20 bits per heavy atom. The molecule has 0 saturated heterocycles. The van der Waals surface area contributed by atoms with Crippen LogP contribution in [0.4, 0.5) is 5.69 Å². The van der Waals surface area contributed by atoms with Gasteiger partial charge in [0.25, 0.3) is 0 Å². The van der Waals surface area contributed by atoms with E-state index >= 15 is 0 Å². The third-order valence-electron chi connectivity index (χ3n) is 1.58. The molecule has 1 rings (SSSR count). The lowest BCUT2D eigenvalue weighted by atomic mass is 10.3. The molecule has 0 spiro atoms. The van der Waals surface area contributed by atoms with Crippen molar-refractivity contribution in [2.24, 2.45) is 0 Å². The molecule has 0 radical (unpaired) electrons. The van der Waals surface area contributed by atoms with Crippen LogP contribution < -0.4 is 10.6 Å². The molecule has 0 heterocycles. The molecule has 0 aromatic heterocycles. The molecule has 80 valence electrons. The van der Waals surface area contributed by atoms with Crippen molar-refractivity contribution >= 4 is 46.2 Å². The van der Waals surface area contributed by atoms with Crippen LogP contribution >= 0.6 is 35.4 Å². The molecule has 2 N–H and O–H groups in total. The molecule has 0 aliphatic carbocycles. The Morgan fingerprint density at radius 3 is 2.87 bits per heavy atom. The van der Waals surface area contributed by atoms with Crippen molar-refractivity contribution in [2.75, 3.05) is 11.9 Å². The summed E-state index contributed by atoms with van der Waals surface area (Å²) < 4.78 is 0. The molecule has 1 aromatic rings. The summed E-state index contributed by atoms with van der Waals surface area (Å²) in [5.74, 6) is 0. The maximum Gasteiger partial charge on any atom is 0.171 e. The van der Waals surface area contributed by atoms with E-state index in [2.05, 4.69) is 17.2 Å². The topological polar surface area (TPSA) is 24.1 Å². The average molecular weight is 261 g/mol. The summed E-state index contributed by atoms with van der Waals surface area (Å²) in [6.45, 7) is 4.18. The molecule has 15 heavy (non-hydrogen) atoms. The van der Waals surface area contributed by atoms with Crippen LogP contribution in [0.3, 0.4) is 0 Å². The van der Waals surface area contributed by atoms with Crippen molar-refractivity contribution in [1.82, 2.24) is 5.32 Å². The molecule has 0 saturated carbocycles. The maximum atomic E-state index is 5.95. The van der Waals surface area contributed by atoms with Crippen LogP contribution in [0.15, 0.2) is 30.9 Å². The summed E-state index contributed by atoms with van der Waals surface area (Å²) in [4.78, 5) is 0. The van der Waals surface area contributed by atoms with Gasteiger partial charge in [-0.1, -0.05) is 29.3 Å². The predicted molar refractivity (Wildman–Crippen MR) is 70.9 cm³/mol. The second-order valence-corrected chi connectivity index (χ2v) is 4.00. The summed E-state index contributed by atoms with van der Waals surface area (Å²) in [5.41, 5.74) is 0.686. The summed E-state index contributed by atoms with van der Waals surface area (Å²) in [6, 6.07) is 5.14. The van der Waals surface area contributed by atoms with Gasteiger partial charge in [0.15, 0.2) is 5.11 Å². The van der Waals surface area contributed by atoms with Gasteiger partial charge in [-0.2, -0.15) is 0 Å². The monoisotopic (exact) mass is 260 g/mol. The molecule has 0 amide bonds. The second-order valence-electron chi connectivity index (χ2n) is 2.75. The molecular formula is C10H10Cl2N2S. The molecule has 0 aliphatic heterocycles. The van der Waals surface area contributed by atoms with Crippen LogP contribution in [-0.4, -0.2) is 11.7 Å². The van der Waals surface area contributed by atoms with Gasteiger partial charge in [-0.15, -0.1) is 6.58 Å². The van der Waals surface area contributed by atoms with Gasteiger partial charge >= 0.3 is 0 Å². The zero-order valence-corrected chi connectivity index (χ0v) is 10.2. The van der Waals surface area contributed by atoms with E-state index in [1.807, 2.05) is 0 Å². The predicted octanol–water partition coefficient (Wildman–Crippen LogP) is 3.47. The number of anilines is 1. The summed E-state index contributed by atoms with van der Waals surface area (Å²) in [6.07, 6.45) is 1.72. The first-order chi connectivity index (χ1) is 7.13. The first-order valence-electron chi connectivity index (χ1n) is 4.24. The average Bonchev–Trinajstić information content (AvgIpc) is 2.20. The van der Waals surface area contributed by atoms with Gasteiger partial charge in [0.1, 0.15) is 0 Å². The molecule has 0 bridgehead atoms. The van der Waals surface area contributed by atoms with Gasteiger partial charge < -0.3 is 10.6 Å². The van der Waals surface area contributed by atoms with Crippen LogP contribution in [0, 0.1) is 0 Å². The van der Waals surface area contributed by atoms with Gasteiger partial charge in [-0.05, 0) is 30.4 Å². The summed E-state index contributed by atoms with van der Waals surface area (Å²) in [7, 11) is 0. The quantitative estimate of drug-likeness (QED) is 0.643. The number of thiocarbonyl (C=S) groups is 1. The Kier molecular flexibility index (Phi) is 4.88. The molecule has 1 aromatic carbocycles. The van der Waals surface area contributed by atoms with E-state index in [9.17, 15) is 0 Å². The second kappa shape index (κ2) is 5.95. The van der Waals surface area contributed by atoms with Crippen molar-refractivity contribution < 1.29 is 0 Å². The standard InChI is InChI=1S/C10H10Cl2N2S/c1-2-5-13-10(15)14-9-6-7(11)3-4-8(9)12/h2-4,6H,1,5H2,(H2,13,14,15). The fourth-order valence-electron chi connectivity index (χ4n) is 0.925. The Hall–Kier alpha value is -0.770. The van der Waals surface area contributed by atoms with Crippen LogP contribution in [0.25, 0.3) is 0 Å². The van der Waals surface area contributed by atoms with Crippen molar-refractivity contribution in [3.8, 4) is 0 Å². The van der Waals surface area contributed by atoms with Crippen LogP contribution in [0.5, 0.6) is 0 Å². The molecular weight excluding hydrogens is 251 g/mol. The normalized spacial score (nSPS) is 9.47. The van der Waals surface area contributed by atoms with E-state index in [4.69, 9.17) is 35.4 Å². The highest BCUT2D eigenvalue weighted by atomic mass is 35.5. The molecule has 0 aliphatic rings. The van der Waals surface area contributed by atoms with E-state index in [0.717, 1.165) is 0 Å². The minimum Gasteiger partial charge on any atom is -0.359 e. The zero-order valence-electron chi connectivity index (χ0n) is 7.89. The van der Waals surface area contributed by atoms with Crippen molar-refractivity contribution in [3.63, 3.8) is 0 Å². The number of nitrogens with one attached hydrogen (secondary N) is 2. The fourth-order valence-corrected chi connectivity index (χ4v) is 1.45. The molecule has 0 unspecified atom stereocenters. The number of hydrogen-bond acceptors (Lipinski definition) is 1. The van der Waals surface area contributed by atoms with E-state index in [1.165, 1.54) is 0 Å². The number of hydrogen-bond donors (Lipinski definition) is 2. The Balaban J connectivity index is 2.67. The van der Waals surface area contributed by atoms with E-state index in [0.29, 0.717) is 27.4 Å². The molecule has 0 atom stereocenters. The van der Waals surface area contributed by atoms with E-state index in [1.54, 1.807) is 24.3 Å². The molecule has 5 heteroatoms. The first-order valence-corrected chi connectivity index (χ1v) is 5.40. The molecule has 0 fully saturated rings. The maximum absolute atomic E-state index is 5.95. The zero-order chi connectivity index (χ0) is 11.3. The lowest BCUT2D eigenvalue weighted by molar-refractivity contribution is 1.06. The van der Waals surface area contributed by atoms with Crippen molar-refractivity contribution in [3.05, 3.63) is 40.9 Å². The fraction of sp³-hybridized carbons (Fsp3) is 0.100. The number of benzene rings is 1. The number of rotatable bonds is 3. The number of halogens is 2. The van der Waals surface area contributed by atoms with Crippen LogP contribution in [-0.2, 0) is 0 Å². The third kappa shape index (κ3) is 4.08. The van der Waals surface area contributed by atoms with Gasteiger partial charge in [-0.25, -0.2) is 0 Å². The van der Waals surface area contributed by atoms with Gasteiger partial charge in [-0.3, -0.25) is 0 Å². The van der Waals surface area contributed by atoms with Crippen LogP contribution in [0.2, 0.25) is 10.0 Å². The highest BCUT2D eigenvalue weighted by Gasteiger charge is 2.02. The van der Waals surface area contributed by atoms with E-state index in [-0.39, 0.29) is 0 Å².